The summed E-state index contributed by atoms with van der Waals surface area (Å²) in [7, 11) is 0. The van der Waals surface area contributed by atoms with Crippen LogP contribution in [0.4, 0.5) is 5.69 Å². The van der Waals surface area contributed by atoms with Gasteiger partial charge in [-0.15, -0.1) is 0 Å². The van der Waals surface area contributed by atoms with E-state index in [1.165, 1.54) is 0 Å². The van der Waals surface area contributed by atoms with E-state index in [2.05, 4.69) is 18.7 Å². The van der Waals surface area contributed by atoms with E-state index in [-0.39, 0.29) is 5.91 Å². The third kappa shape index (κ3) is 5.05. The fourth-order valence-electron chi connectivity index (χ4n) is 2.85. The standard InChI is InChI=1S/C17H27N3O/c1-14(2)13-19-8-10-20(11-9-19)17(21)7-6-15-4-3-5-16(18)12-15/h3-5,12,14H,6-11,13,18H2,1-2H3. The number of carbonyl (C=O) groups is 1. The van der Waals surface area contributed by atoms with Crippen LogP contribution < -0.4 is 5.73 Å². The summed E-state index contributed by atoms with van der Waals surface area (Å²) in [4.78, 5) is 16.7. The third-order valence-corrected chi connectivity index (χ3v) is 3.93. The molecule has 0 spiro atoms. The van der Waals surface area contributed by atoms with Gasteiger partial charge in [0.2, 0.25) is 5.91 Å². The number of hydrogen-bond acceptors (Lipinski definition) is 3. The van der Waals surface area contributed by atoms with Gasteiger partial charge in [-0.05, 0) is 30.0 Å². The molecule has 0 aliphatic carbocycles. The molecular weight excluding hydrogens is 262 g/mol. The number of amides is 1. The normalized spacial score (nSPS) is 16.4. The molecule has 0 saturated carbocycles. The van der Waals surface area contributed by atoms with E-state index in [9.17, 15) is 4.79 Å². The van der Waals surface area contributed by atoms with Crippen molar-refractivity contribution in [2.75, 3.05) is 38.5 Å². The summed E-state index contributed by atoms with van der Waals surface area (Å²) in [6, 6.07) is 7.80. The number of nitrogens with zero attached hydrogens (tertiary/aromatic N) is 2. The van der Waals surface area contributed by atoms with Crippen LogP contribution in [0.2, 0.25) is 0 Å². The number of benzene rings is 1. The molecule has 0 radical (unpaired) electrons. The van der Waals surface area contributed by atoms with Crippen LogP contribution in [-0.2, 0) is 11.2 Å². The summed E-state index contributed by atoms with van der Waals surface area (Å²) >= 11 is 0. The van der Waals surface area contributed by atoms with Gasteiger partial charge in [0.05, 0.1) is 0 Å². The van der Waals surface area contributed by atoms with Crippen molar-refractivity contribution < 1.29 is 4.79 Å². The molecule has 1 aromatic carbocycles. The highest BCUT2D eigenvalue weighted by atomic mass is 16.2. The van der Waals surface area contributed by atoms with Crippen LogP contribution in [0.25, 0.3) is 0 Å². The average Bonchev–Trinajstić information content (AvgIpc) is 2.45. The SMILES string of the molecule is CC(C)CN1CCN(C(=O)CCc2cccc(N)c2)CC1. The van der Waals surface area contributed by atoms with Gasteiger partial charge in [0.25, 0.3) is 0 Å². The molecule has 116 valence electrons. The van der Waals surface area contributed by atoms with Gasteiger partial charge in [-0.3, -0.25) is 9.69 Å². The van der Waals surface area contributed by atoms with Gasteiger partial charge in [0.1, 0.15) is 0 Å². The van der Waals surface area contributed by atoms with Crippen LogP contribution in [0, 0.1) is 5.92 Å². The molecule has 2 rings (SSSR count). The Balaban J connectivity index is 1.75. The van der Waals surface area contributed by atoms with Crippen molar-refractivity contribution in [2.45, 2.75) is 26.7 Å². The number of anilines is 1. The Labute approximate surface area is 127 Å². The monoisotopic (exact) mass is 289 g/mol. The molecule has 0 aromatic heterocycles. The summed E-state index contributed by atoms with van der Waals surface area (Å²) in [6.07, 6.45) is 1.35. The van der Waals surface area contributed by atoms with Gasteiger partial charge in [-0.25, -0.2) is 0 Å². The summed E-state index contributed by atoms with van der Waals surface area (Å²) in [6.45, 7) is 9.34. The van der Waals surface area contributed by atoms with Crippen molar-refractivity contribution in [1.29, 1.82) is 0 Å². The van der Waals surface area contributed by atoms with Crippen LogP contribution in [-0.4, -0.2) is 48.4 Å². The number of nitrogens with two attached hydrogens (primary N) is 1. The fraction of sp³-hybridized carbons (Fsp3) is 0.588. The van der Waals surface area contributed by atoms with E-state index in [1.807, 2.05) is 29.2 Å². The summed E-state index contributed by atoms with van der Waals surface area (Å²) < 4.78 is 0. The topological polar surface area (TPSA) is 49.6 Å². The highest BCUT2D eigenvalue weighted by Crippen LogP contribution is 2.11. The number of hydrogen-bond donors (Lipinski definition) is 1. The van der Waals surface area contributed by atoms with Crippen LogP contribution in [0.15, 0.2) is 24.3 Å². The van der Waals surface area contributed by atoms with Crippen LogP contribution in [0.1, 0.15) is 25.8 Å². The van der Waals surface area contributed by atoms with Crippen molar-refractivity contribution >= 4 is 11.6 Å². The van der Waals surface area contributed by atoms with Crippen LogP contribution in [0.5, 0.6) is 0 Å². The van der Waals surface area contributed by atoms with Crippen molar-refractivity contribution in [3.8, 4) is 0 Å². The number of aryl methyl sites for hydroxylation is 1. The summed E-state index contributed by atoms with van der Waals surface area (Å²) in [5.74, 6) is 0.956. The molecule has 0 unspecified atom stereocenters. The lowest BCUT2D eigenvalue weighted by Gasteiger charge is -2.35. The van der Waals surface area contributed by atoms with E-state index in [0.29, 0.717) is 12.3 Å². The molecule has 0 bridgehead atoms. The maximum Gasteiger partial charge on any atom is 0.222 e. The molecule has 1 amide bonds. The molecule has 1 aliphatic heterocycles. The van der Waals surface area contributed by atoms with Crippen molar-refractivity contribution in [3.63, 3.8) is 0 Å². The zero-order chi connectivity index (χ0) is 15.2. The second-order valence-electron chi connectivity index (χ2n) is 6.32. The molecule has 1 heterocycles. The van der Waals surface area contributed by atoms with Gasteiger partial charge >= 0.3 is 0 Å². The number of rotatable bonds is 5. The second kappa shape index (κ2) is 7.46. The summed E-state index contributed by atoms with van der Waals surface area (Å²) in [5, 5.41) is 0. The lowest BCUT2D eigenvalue weighted by molar-refractivity contribution is -0.132. The van der Waals surface area contributed by atoms with E-state index in [1.54, 1.807) is 0 Å². The average molecular weight is 289 g/mol. The Bertz CT molecular complexity index is 465. The van der Waals surface area contributed by atoms with Gasteiger partial charge in [-0.2, -0.15) is 0 Å². The Morgan fingerprint density at radius 1 is 1.24 bits per heavy atom. The smallest absolute Gasteiger partial charge is 0.222 e. The molecule has 1 aliphatic rings. The zero-order valence-electron chi connectivity index (χ0n) is 13.2. The van der Waals surface area contributed by atoms with E-state index in [0.717, 1.165) is 50.4 Å². The first kappa shape index (κ1) is 15.8. The molecule has 4 heteroatoms. The van der Waals surface area contributed by atoms with E-state index >= 15 is 0 Å². The maximum absolute atomic E-state index is 12.3. The minimum Gasteiger partial charge on any atom is -0.399 e. The Morgan fingerprint density at radius 2 is 1.95 bits per heavy atom. The van der Waals surface area contributed by atoms with Gasteiger partial charge in [-0.1, -0.05) is 26.0 Å². The molecule has 21 heavy (non-hydrogen) atoms. The van der Waals surface area contributed by atoms with Crippen molar-refractivity contribution in [1.82, 2.24) is 9.80 Å². The molecule has 0 atom stereocenters. The molecule has 2 N–H and O–H groups in total. The first-order chi connectivity index (χ1) is 10.0. The minimum absolute atomic E-state index is 0.265. The largest absolute Gasteiger partial charge is 0.399 e. The quantitative estimate of drug-likeness (QED) is 0.844. The van der Waals surface area contributed by atoms with Crippen LogP contribution in [0.3, 0.4) is 0 Å². The van der Waals surface area contributed by atoms with Gasteiger partial charge < -0.3 is 10.6 Å². The Morgan fingerprint density at radius 3 is 2.57 bits per heavy atom. The van der Waals surface area contributed by atoms with Gasteiger partial charge in [0, 0.05) is 44.8 Å². The Hall–Kier alpha value is -1.55. The fourth-order valence-corrected chi connectivity index (χ4v) is 2.85. The van der Waals surface area contributed by atoms with Crippen molar-refractivity contribution in [3.05, 3.63) is 29.8 Å². The number of carbonyl (C=O) groups excluding carboxylic acids is 1. The molecular formula is C17H27N3O. The molecule has 4 nitrogen and oxygen atoms in total. The first-order valence-corrected chi connectivity index (χ1v) is 7.89. The molecule has 1 aromatic rings. The first-order valence-electron chi connectivity index (χ1n) is 7.89. The highest BCUT2D eigenvalue weighted by molar-refractivity contribution is 5.76. The predicted octanol–water partition coefficient (Wildman–Crippen LogP) is 2.00. The van der Waals surface area contributed by atoms with Gasteiger partial charge in [0.15, 0.2) is 0 Å². The van der Waals surface area contributed by atoms with Crippen molar-refractivity contribution in [2.24, 2.45) is 5.92 Å². The minimum atomic E-state index is 0.265. The number of nitrogen functional groups attached to an aromatic ring is 1. The maximum atomic E-state index is 12.3. The highest BCUT2D eigenvalue weighted by Gasteiger charge is 2.20. The zero-order valence-corrected chi connectivity index (χ0v) is 13.2. The number of piperazine rings is 1. The molecule has 1 saturated heterocycles. The molecule has 1 fully saturated rings. The third-order valence-electron chi connectivity index (χ3n) is 3.93. The lowest BCUT2D eigenvalue weighted by atomic mass is 10.1. The predicted molar refractivity (Wildman–Crippen MR) is 87.0 cm³/mol. The van der Waals surface area contributed by atoms with Crippen LogP contribution >= 0.6 is 0 Å². The lowest BCUT2D eigenvalue weighted by Crippen LogP contribution is -2.49. The van der Waals surface area contributed by atoms with E-state index in [4.69, 9.17) is 5.73 Å². The Kier molecular flexibility index (Phi) is 5.62. The summed E-state index contributed by atoms with van der Waals surface area (Å²) in [5.41, 5.74) is 7.67. The van der Waals surface area contributed by atoms with E-state index < -0.39 is 0 Å². The second-order valence-corrected chi connectivity index (χ2v) is 6.32.